The minimum atomic E-state index is -0.335. The number of carbonyl (C=O) groups excluding carboxylic acids is 1. The number of nitrogens with one attached hydrogen (secondary N) is 1. The zero-order valence-electron chi connectivity index (χ0n) is 25.2. The summed E-state index contributed by atoms with van der Waals surface area (Å²) in [5, 5.41) is 5.25. The molecule has 0 fully saturated rings. The minimum Gasteiger partial charge on any atom is -0.493 e. The van der Waals surface area contributed by atoms with E-state index >= 15 is 0 Å². The summed E-state index contributed by atoms with van der Waals surface area (Å²) in [6, 6.07) is 41.0. The van der Waals surface area contributed by atoms with Crippen LogP contribution in [-0.4, -0.2) is 23.8 Å². The first-order chi connectivity index (χ1) is 22.9. The second-order valence-electron chi connectivity index (χ2n) is 10.5. The van der Waals surface area contributed by atoms with Gasteiger partial charge in [-0.15, -0.1) is 0 Å². The van der Waals surface area contributed by atoms with Crippen molar-refractivity contribution >= 4 is 51.3 Å². The molecule has 1 heterocycles. The van der Waals surface area contributed by atoms with Crippen molar-refractivity contribution in [2.24, 2.45) is 5.10 Å². The van der Waals surface area contributed by atoms with Crippen molar-refractivity contribution < 1.29 is 14.3 Å². The zero-order valence-corrected chi connectivity index (χ0v) is 28.3. The molecule has 0 saturated carbocycles. The van der Waals surface area contributed by atoms with Crippen LogP contribution in [0.3, 0.4) is 0 Å². The molecular formula is C38H28BrCl2N3O3. The number of benzene rings is 5. The second-order valence-corrected chi connectivity index (χ2v) is 12.2. The number of ether oxygens (including phenoxy) is 2. The van der Waals surface area contributed by atoms with Crippen molar-refractivity contribution in [2.45, 2.75) is 6.61 Å². The van der Waals surface area contributed by atoms with Crippen molar-refractivity contribution in [1.82, 2.24) is 9.99 Å². The average Bonchev–Trinajstić information content (AvgIpc) is 3.54. The van der Waals surface area contributed by atoms with Gasteiger partial charge in [0.1, 0.15) is 6.61 Å². The highest BCUT2D eigenvalue weighted by Crippen LogP contribution is 2.37. The number of methoxy groups -OCH3 is 1. The number of hydrazone groups is 1. The zero-order chi connectivity index (χ0) is 32.8. The molecule has 0 spiro atoms. The van der Waals surface area contributed by atoms with Crippen LogP contribution in [-0.2, 0) is 6.61 Å². The Kier molecular flexibility index (Phi) is 10.1. The molecule has 0 aliphatic heterocycles. The van der Waals surface area contributed by atoms with Gasteiger partial charge in [-0.2, -0.15) is 5.10 Å². The Labute approximate surface area is 291 Å². The fourth-order valence-electron chi connectivity index (χ4n) is 5.12. The number of rotatable bonds is 10. The molecule has 0 aliphatic rings. The first-order valence-electron chi connectivity index (χ1n) is 14.6. The monoisotopic (exact) mass is 723 g/mol. The lowest BCUT2D eigenvalue weighted by atomic mass is 10.1. The molecular weight excluding hydrogens is 697 g/mol. The maximum atomic E-state index is 13.0. The highest BCUT2D eigenvalue weighted by Gasteiger charge is 2.15. The molecule has 6 rings (SSSR count). The third-order valence-corrected chi connectivity index (χ3v) is 8.60. The van der Waals surface area contributed by atoms with Crippen LogP contribution >= 0.6 is 39.1 Å². The van der Waals surface area contributed by atoms with Gasteiger partial charge in [-0.3, -0.25) is 4.79 Å². The number of halogens is 3. The van der Waals surface area contributed by atoms with Crippen LogP contribution in [0.25, 0.3) is 28.2 Å². The average molecular weight is 725 g/mol. The molecule has 5 aromatic carbocycles. The molecule has 0 radical (unpaired) electrons. The van der Waals surface area contributed by atoms with E-state index in [1.54, 1.807) is 37.4 Å². The van der Waals surface area contributed by atoms with Gasteiger partial charge in [-0.05, 0) is 93.3 Å². The van der Waals surface area contributed by atoms with E-state index in [0.717, 1.165) is 33.8 Å². The summed E-state index contributed by atoms with van der Waals surface area (Å²) in [5.74, 6) is 0.661. The maximum Gasteiger partial charge on any atom is 0.271 e. The van der Waals surface area contributed by atoms with Gasteiger partial charge in [0.05, 0.1) is 29.2 Å². The topological polar surface area (TPSA) is 64.8 Å². The van der Waals surface area contributed by atoms with Gasteiger partial charge >= 0.3 is 0 Å². The van der Waals surface area contributed by atoms with Crippen molar-refractivity contribution in [2.75, 3.05) is 7.11 Å². The third kappa shape index (κ3) is 7.44. The summed E-state index contributed by atoms with van der Waals surface area (Å²) >= 11 is 15.8. The van der Waals surface area contributed by atoms with Gasteiger partial charge in [0.2, 0.25) is 0 Å². The molecule has 0 unspecified atom stereocenters. The molecule has 6 nitrogen and oxygen atoms in total. The molecule has 6 aromatic rings. The summed E-state index contributed by atoms with van der Waals surface area (Å²) in [5.41, 5.74) is 9.80. The van der Waals surface area contributed by atoms with Crippen molar-refractivity contribution in [3.8, 4) is 39.7 Å². The molecule has 9 heteroatoms. The van der Waals surface area contributed by atoms with Crippen LogP contribution in [0, 0.1) is 0 Å². The van der Waals surface area contributed by atoms with E-state index in [1.807, 2.05) is 60.7 Å². The van der Waals surface area contributed by atoms with E-state index in [4.69, 9.17) is 32.7 Å². The Balaban J connectivity index is 1.17. The Morgan fingerprint density at radius 2 is 1.47 bits per heavy atom. The quantitative estimate of drug-likeness (QED) is 0.113. The largest absolute Gasteiger partial charge is 0.493 e. The number of nitrogens with zero attached hydrogens (tertiary/aromatic N) is 2. The first kappa shape index (κ1) is 32.1. The molecule has 0 saturated heterocycles. The van der Waals surface area contributed by atoms with Crippen LogP contribution < -0.4 is 14.9 Å². The maximum absolute atomic E-state index is 13.0. The Hall–Kier alpha value is -4.82. The van der Waals surface area contributed by atoms with E-state index < -0.39 is 0 Å². The van der Waals surface area contributed by atoms with Gasteiger partial charge in [-0.1, -0.05) is 89.9 Å². The lowest BCUT2D eigenvalue weighted by Gasteiger charge is -2.15. The molecule has 0 atom stereocenters. The summed E-state index contributed by atoms with van der Waals surface area (Å²) in [7, 11) is 1.55. The minimum absolute atomic E-state index is 0.221. The van der Waals surface area contributed by atoms with Crippen LogP contribution in [0.4, 0.5) is 0 Å². The molecule has 47 heavy (non-hydrogen) atoms. The normalized spacial score (nSPS) is 11.1. The van der Waals surface area contributed by atoms with Gasteiger partial charge in [-0.25, -0.2) is 5.43 Å². The molecule has 1 amide bonds. The van der Waals surface area contributed by atoms with E-state index in [1.165, 1.54) is 6.21 Å². The molecule has 0 bridgehead atoms. The first-order valence-corrected chi connectivity index (χ1v) is 16.2. The van der Waals surface area contributed by atoms with Crippen LogP contribution in [0.2, 0.25) is 10.0 Å². The highest BCUT2D eigenvalue weighted by molar-refractivity contribution is 9.10. The van der Waals surface area contributed by atoms with E-state index in [-0.39, 0.29) is 12.5 Å². The van der Waals surface area contributed by atoms with Crippen molar-refractivity contribution in [3.05, 3.63) is 159 Å². The van der Waals surface area contributed by atoms with Crippen LogP contribution in [0.1, 0.15) is 21.5 Å². The summed E-state index contributed by atoms with van der Waals surface area (Å²) in [6.07, 6.45) is 1.54. The van der Waals surface area contributed by atoms with E-state index in [9.17, 15) is 4.79 Å². The third-order valence-electron chi connectivity index (χ3n) is 7.43. The highest BCUT2D eigenvalue weighted by atomic mass is 79.9. The van der Waals surface area contributed by atoms with Gasteiger partial charge in [0.15, 0.2) is 11.5 Å². The van der Waals surface area contributed by atoms with E-state index in [2.05, 4.69) is 67.4 Å². The Bertz CT molecular complexity index is 1990. The fraction of sp³-hybridized carbons (Fsp3) is 0.0526. The predicted octanol–water partition coefficient (Wildman–Crippen LogP) is 10.2. The smallest absolute Gasteiger partial charge is 0.271 e. The fourth-order valence-corrected chi connectivity index (χ4v) is 6.16. The van der Waals surface area contributed by atoms with Crippen LogP contribution in [0.5, 0.6) is 11.5 Å². The standard InChI is InChI=1S/C38H28BrCl2N3O3/c1-46-36-21-25(20-32(39)37(36)47-24-29-12-15-30(40)22-33(29)41)23-42-43-38(45)28-13-16-31(17-14-28)44-34(26-8-4-2-5-9-26)18-19-35(44)27-10-6-3-7-11-27/h2-23H,24H2,1H3,(H,43,45)/b42-23-. The number of amides is 1. The lowest BCUT2D eigenvalue weighted by molar-refractivity contribution is 0.0955. The summed E-state index contributed by atoms with van der Waals surface area (Å²) in [4.78, 5) is 13.0. The van der Waals surface area contributed by atoms with Crippen molar-refractivity contribution in [3.63, 3.8) is 0 Å². The Morgan fingerprint density at radius 3 is 2.06 bits per heavy atom. The number of carbonyl (C=O) groups is 1. The number of hydrogen-bond acceptors (Lipinski definition) is 4. The van der Waals surface area contributed by atoms with Gasteiger partial charge in [0.25, 0.3) is 5.91 Å². The molecule has 1 N–H and O–H groups in total. The lowest BCUT2D eigenvalue weighted by Crippen LogP contribution is -2.17. The summed E-state index contributed by atoms with van der Waals surface area (Å²) in [6.45, 7) is 0.221. The Morgan fingerprint density at radius 1 is 0.830 bits per heavy atom. The number of aromatic nitrogens is 1. The van der Waals surface area contributed by atoms with Crippen LogP contribution in [0.15, 0.2) is 137 Å². The van der Waals surface area contributed by atoms with Gasteiger partial charge < -0.3 is 14.0 Å². The predicted molar refractivity (Wildman–Crippen MR) is 193 cm³/mol. The van der Waals surface area contributed by atoms with Crippen molar-refractivity contribution in [1.29, 1.82) is 0 Å². The summed E-state index contributed by atoms with van der Waals surface area (Å²) < 4.78 is 14.4. The SMILES string of the molecule is COc1cc(/C=N\NC(=O)c2ccc(-n3c(-c4ccccc4)ccc3-c3ccccc3)cc2)cc(Br)c1OCc1ccc(Cl)cc1Cl. The molecule has 234 valence electrons. The molecule has 1 aromatic heterocycles. The number of hydrogen-bond donors (Lipinski definition) is 1. The second kappa shape index (κ2) is 14.7. The van der Waals surface area contributed by atoms with Gasteiger partial charge in [0, 0.05) is 26.9 Å². The molecule has 0 aliphatic carbocycles. The van der Waals surface area contributed by atoms with E-state index in [0.29, 0.717) is 37.1 Å².